The van der Waals surface area contributed by atoms with Crippen LogP contribution in [0, 0.1) is 35.3 Å². The van der Waals surface area contributed by atoms with Gasteiger partial charge in [0.1, 0.15) is 0 Å². The van der Waals surface area contributed by atoms with Crippen molar-refractivity contribution in [2.45, 2.75) is 84.0 Å². The van der Waals surface area contributed by atoms with E-state index < -0.39 is 11.6 Å². The lowest BCUT2D eigenvalue weighted by Crippen LogP contribution is -2.25. The molecular formula is C25H35ClF2. The van der Waals surface area contributed by atoms with Gasteiger partial charge in [0.2, 0.25) is 0 Å². The molecule has 0 bridgehead atoms. The second-order valence-electron chi connectivity index (χ2n) is 9.07. The number of hydrogen-bond donors (Lipinski definition) is 0. The second-order valence-corrected chi connectivity index (χ2v) is 9.33. The molecule has 0 saturated heterocycles. The van der Waals surface area contributed by atoms with Crippen LogP contribution in [-0.2, 0) is 12.8 Å². The number of allylic oxidation sites excluding steroid dienone is 1. The number of halogens is 3. The van der Waals surface area contributed by atoms with E-state index in [4.69, 9.17) is 11.6 Å². The topological polar surface area (TPSA) is 0 Å². The van der Waals surface area contributed by atoms with E-state index in [1.807, 2.05) is 13.0 Å². The van der Waals surface area contributed by atoms with Gasteiger partial charge in [0.05, 0.1) is 0 Å². The van der Waals surface area contributed by atoms with Gasteiger partial charge in [0.15, 0.2) is 11.6 Å². The fraction of sp³-hybridized carbons (Fsp3) is 0.680. The molecule has 28 heavy (non-hydrogen) atoms. The molecule has 0 nitrogen and oxygen atoms in total. The summed E-state index contributed by atoms with van der Waals surface area (Å²) in [5.74, 6) is 1.89. The van der Waals surface area contributed by atoms with E-state index in [0.29, 0.717) is 35.8 Å². The molecule has 2 aliphatic rings. The number of benzene rings is 1. The Kier molecular flexibility index (Phi) is 8.38. The van der Waals surface area contributed by atoms with Crippen LogP contribution < -0.4 is 0 Å². The maximum absolute atomic E-state index is 14.3. The highest BCUT2D eigenvalue weighted by atomic mass is 35.5. The van der Waals surface area contributed by atoms with Crippen molar-refractivity contribution >= 4 is 11.6 Å². The molecule has 2 aliphatic carbocycles. The van der Waals surface area contributed by atoms with E-state index in [2.05, 4.69) is 6.08 Å². The van der Waals surface area contributed by atoms with E-state index in [1.165, 1.54) is 51.4 Å². The van der Waals surface area contributed by atoms with E-state index in [0.717, 1.165) is 24.7 Å². The highest BCUT2D eigenvalue weighted by Gasteiger charge is 2.30. The fourth-order valence-electron chi connectivity index (χ4n) is 5.50. The van der Waals surface area contributed by atoms with Crippen LogP contribution >= 0.6 is 11.6 Å². The molecule has 2 fully saturated rings. The summed E-state index contributed by atoms with van der Waals surface area (Å²) in [5.41, 5.74) is 2.76. The zero-order valence-corrected chi connectivity index (χ0v) is 18.0. The van der Waals surface area contributed by atoms with Crippen LogP contribution in [0.4, 0.5) is 8.78 Å². The molecule has 3 heteroatoms. The smallest absolute Gasteiger partial charge is 0.162 e. The van der Waals surface area contributed by atoms with E-state index in [1.54, 1.807) is 11.6 Å². The van der Waals surface area contributed by atoms with Crippen molar-refractivity contribution in [2.24, 2.45) is 23.7 Å². The predicted octanol–water partition coefficient (Wildman–Crippen LogP) is 8.22. The lowest BCUT2D eigenvalue weighted by atomic mass is 9.68. The first-order valence-corrected chi connectivity index (χ1v) is 11.8. The molecule has 0 unspecified atom stereocenters. The van der Waals surface area contributed by atoms with Crippen molar-refractivity contribution in [1.82, 2.24) is 0 Å². The molecule has 2 saturated carbocycles. The van der Waals surface area contributed by atoms with Gasteiger partial charge in [-0.05, 0) is 92.6 Å². The third-order valence-electron chi connectivity index (χ3n) is 7.30. The standard InChI is InChI=1S/C25H35ClF2/c1-2-3-22-14-15-23(25(28)24(22)27)13-8-18-4-9-20(10-5-18)21-11-6-19(7-12-21)16-17-26/h14-21H,2-13H2,1H3/b17-16+. The molecule has 0 atom stereocenters. The SMILES string of the molecule is CCCc1ccc(CCC2CCC(C3CCC(/C=C/Cl)CC3)CC2)c(F)c1F. The van der Waals surface area contributed by atoms with Crippen molar-refractivity contribution in [3.63, 3.8) is 0 Å². The predicted molar refractivity (Wildman–Crippen MR) is 115 cm³/mol. The minimum Gasteiger partial charge on any atom is -0.203 e. The van der Waals surface area contributed by atoms with Gasteiger partial charge in [-0.25, -0.2) is 8.78 Å². The number of rotatable bonds is 7. The van der Waals surface area contributed by atoms with E-state index in [9.17, 15) is 8.78 Å². The zero-order chi connectivity index (χ0) is 19.9. The van der Waals surface area contributed by atoms with Crippen molar-refractivity contribution in [3.8, 4) is 0 Å². The maximum atomic E-state index is 14.3. The van der Waals surface area contributed by atoms with Crippen molar-refractivity contribution in [2.75, 3.05) is 0 Å². The molecule has 0 amide bonds. The molecule has 0 aromatic heterocycles. The Morgan fingerprint density at radius 2 is 1.39 bits per heavy atom. The van der Waals surface area contributed by atoms with E-state index >= 15 is 0 Å². The van der Waals surface area contributed by atoms with Crippen LogP contribution in [0.1, 0.15) is 82.3 Å². The molecule has 0 spiro atoms. The van der Waals surface area contributed by atoms with Gasteiger partial charge in [0.25, 0.3) is 0 Å². The number of hydrogen-bond acceptors (Lipinski definition) is 0. The first kappa shape index (κ1) is 21.8. The van der Waals surface area contributed by atoms with Crippen molar-refractivity contribution in [3.05, 3.63) is 46.5 Å². The molecule has 156 valence electrons. The highest BCUT2D eigenvalue weighted by molar-refractivity contribution is 6.25. The fourth-order valence-corrected chi connectivity index (χ4v) is 5.71. The quantitative estimate of drug-likeness (QED) is 0.426. The van der Waals surface area contributed by atoms with Crippen LogP contribution in [-0.4, -0.2) is 0 Å². The van der Waals surface area contributed by atoms with Gasteiger partial charge in [-0.2, -0.15) is 0 Å². The summed E-state index contributed by atoms with van der Waals surface area (Å²) in [6.07, 6.45) is 15.7. The minimum atomic E-state index is -0.623. The molecule has 0 aliphatic heterocycles. The lowest BCUT2D eigenvalue weighted by molar-refractivity contribution is 0.152. The Morgan fingerprint density at radius 3 is 1.93 bits per heavy atom. The summed E-state index contributed by atoms with van der Waals surface area (Å²) in [7, 11) is 0. The molecule has 0 radical (unpaired) electrons. The van der Waals surface area contributed by atoms with Crippen LogP contribution in [0.3, 0.4) is 0 Å². The van der Waals surface area contributed by atoms with Crippen molar-refractivity contribution < 1.29 is 8.78 Å². The molecular weight excluding hydrogens is 374 g/mol. The average molecular weight is 409 g/mol. The van der Waals surface area contributed by atoms with Gasteiger partial charge >= 0.3 is 0 Å². The minimum absolute atomic E-state index is 0.514. The molecule has 1 aromatic carbocycles. The monoisotopic (exact) mass is 408 g/mol. The van der Waals surface area contributed by atoms with Crippen LogP contribution in [0.5, 0.6) is 0 Å². The van der Waals surface area contributed by atoms with Crippen LogP contribution in [0.25, 0.3) is 0 Å². The molecule has 1 aromatic rings. The Labute approximate surface area is 174 Å². The first-order chi connectivity index (χ1) is 13.6. The Balaban J connectivity index is 1.43. The largest absolute Gasteiger partial charge is 0.203 e. The summed E-state index contributed by atoms with van der Waals surface area (Å²) in [4.78, 5) is 0. The van der Waals surface area contributed by atoms with Gasteiger partial charge in [-0.3, -0.25) is 0 Å². The summed E-state index contributed by atoms with van der Waals surface area (Å²) >= 11 is 5.73. The zero-order valence-electron chi connectivity index (χ0n) is 17.2. The normalized spacial score (nSPS) is 28.7. The third kappa shape index (κ3) is 5.59. The van der Waals surface area contributed by atoms with Gasteiger partial charge < -0.3 is 0 Å². The maximum Gasteiger partial charge on any atom is 0.162 e. The third-order valence-corrected chi connectivity index (χ3v) is 7.45. The van der Waals surface area contributed by atoms with Gasteiger partial charge in [0, 0.05) is 5.54 Å². The van der Waals surface area contributed by atoms with Crippen molar-refractivity contribution in [1.29, 1.82) is 0 Å². The molecule has 3 rings (SSSR count). The van der Waals surface area contributed by atoms with Gasteiger partial charge in [-0.15, -0.1) is 0 Å². The Morgan fingerprint density at radius 1 is 0.857 bits per heavy atom. The second kappa shape index (κ2) is 10.8. The Hall–Kier alpha value is -0.890. The summed E-state index contributed by atoms with van der Waals surface area (Å²) in [5, 5.41) is 0. The average Bonchev–Trinajstić information content (AvgIpc) is 2.72. The van der Waals surface area contributed by atoms with Crippen LogP contribution in [0.15, 0.2) is 23.7 Å². The van der Waals surface area contributed by atoms with E-state index in [-0.39, 0.29) is 0 Å². The lowest BCUT2D eigenvalue weighted by Gasteiger charge is -2.37. The van der Waals surface area contributed by atoms with Crippen LogP contribution in [0.2, 0.25) is 0 Å². The summed E-state index contributed by atoms with van der Waals surface area (Å²) < 4.78 is 28.5. The number of aryl methyl sites for hydroxylation is 2. The Bertz CT molecular complexity index is 638. The van der Waals surface area contributed by atoms with Gasteiger partial charge in [-0.1, -0.05) is 56.0 Å². The summed E-state index contributed by atoms with van der Waals surface area (Å²) in [6.45, 7) is 1.99. The molecule has 0 heterocycles. The molecule has 0 N–H and O–H groups in total. The highest BCUT2D eigenvalue weighted by Crippen LogP contribution is 2.42. The first-order valence-electron chi connectivity index (χ1n) is 11.3. The summed E-state index contributed by atoms with van der Waals surface area (Å²) in [6, 6.07) is 3.59.